The number of aryl methyl sites for hydroxylation is 2. The van der Waals surface area contributed by atoms with E-state index in [0.717, 1.165) is 49.8 Å². The number of hydrogen-bond acceptors (Lipinski definition) is 9. The van der Waals surface area contributed by atoms with Crippen molar-refractivity contribution in [2.75, 3.05) is 10.7 Å². The van der Waals surface area contributed by atoms with Crippen LogP contribution in [0.25, 0.3) is 0 Å². The fourth-order valence-corrected chi connectivity index (χ4v) is 4.35. The van der Waals surface area contributed by atoms with Gasteiger partial charge in [-0.25, -0.2) is 4.99 Å². The van der Waals surface area contributed by atoms with Gasteiger partial charge in [-0.3, -0.25) is 9.45 Å². The fourth-order valence-electron chi connectivity index (χ4n) is 3.89. The second-order valence-corrected chi connectivity index (χ2v) is 12.4. The number of anilines is 1. The predicted octanol–water partition coefficient (Wildman–Crippen LogP) is 3.77. The van der Waals surface area contributed by atoms with E-state index in [-0.39, 0.29) is 16.6 Å². The molecule has 13 heteroatoms. The Kier molecular flexibility index (Phi) is 10.8. The number of nitrogens with two attached hydrogens (primary N) is 2. The molecule has 0 spiro atoms. The summed E-state index contributed by atoms with van der Waals surface area (Å²) < 4.78 is 61.5. The zero-order chi connectivity index (χ0) is 28.6. The first-order valence-electron chi connectivity index (χ1n) is 12.2. The summed E-state index contributed by atoms with van der Waals surface area (Å²) in [5.74, 6) is 0.314. The van der Waals surface area contributed by atoms with Gasteiger partial charge in [-0.2, -0.15) is 21.8 Å². The Balaban J connectivity index is 0.000000757. The number of unbranched alkanes of at least 4 members (excludes halogenated alkanes) is 3. The van der Waals surface area contributed by atoms with Crippen molar-refractivity contribution < 1.29 is 25.3 Å². The number of rotatable bonds is 10. The van der Waals surface area contributed by atoms with Crippen LogP contribution in [0.1, 0.15) is 57.6 Å². The number of aliphatic imine (C=N–C) groups is 2. The van der Waals surface area contributed by atoms with Gasteiger partial charge in [0.1, 0.15) is 5.66 Å². The molecule has 0 unspecified atom stereocenters. The van der Waals surface area contributed by atoms with Crippen molar-refractivity contribution >= 4 is 37.9 Å². The minimum atomic E-state index is -4.62. The first-order chi connectivity index (χ1) is 17.6. The summed E-state index contributed by atoms with van der Waals surface area (Å²) in [5, 5.41) is 0. The van der Waals surface area contributed by atoms with Gasteiger partial charge in [0, 0.05) is 5.69 Å². The Morgan fingerprint density at radius 3 is 1.71 bits per heavy atom. The Hall–Kier alpha value is -3.03. The lowest BCUT2D eigenvalue weighted by Gasteiger charge is -2.38. The third-order valence-electron chi connectivity index (χ3n) is 5.84. The van der Waals surface area contributed by atoms with E-state index in [1.54, 1.807) is 12.1 Å². The van der Waals surface area contributed by atoms with Gasteiger partial charge in [0.15, 0.2) is 0 Å². The second kappa shape index (κ2) is 13.2. The van der Waals surface area contributed by atoms with Gasteiger partial charge in [-0.1, -0.05) is 37.1 Å². The molecule has 1 aliphatic heterocycles. The van der Waals surface area contributed by atoms with Crippen LogP contribution in [0.5, 0.6) is 0 Å². The Labute approximate surface area is 224 Å². The van der Waals surface area contributed by atoms with E-state index in [9.17, 15) is 20.7 Å². The maximum Gasteiger partial charge on any atom is 0.332 e. The highest BCUT2D eigenvalue weighted by molar-refractivity contribution is 7.86. The van der Waals surface area contributed by atoms with Crippen LogP contribution in [-0.4, -0.2) is 44.7 Å². The molecular formula is C25H36FN5O5S2. The van der Waals surface area contributed by atoms with E-state index < -0.39 is 26.0 Å². The molecule has 2 aromatic carbocycles. The van der Waals surface area contributed by atoms with E-state index >= 15 is 0 Å². The van der Waals surface area contributed by atoms with Crippen molar-refractivity contribution in [2.24, 2.45) is 21.5 Å². The average Bonchev–Trinajstić information content (AvgIpc) is 2.80. The summed E-state index contributed by atoms with van der Waals surface area (Å²) >= 11 is 0. The van der Waals surface area contributed by atoms with Gasteiger partial charge in [-0.05, 0) is 81.8 Å². The van der Waals surface area contributed by atoms with Crippen molar-refractivity contribution in [2.45, 2.75) is 69.9 Å². The van der Waals surface area contributed by atoms with Crippen LogP contribution in [0.15, 0.2) is 63.4 Å². The zero-order valence-electron chi connectivity index (χ0n) is 21.8. The molecule has 5 N–H and O–H groups in total. The molecule has 0 atom stereocenters. The van der Waals surface area contributed by atoms with Gasteiger partial charge in [0.25, 0.3) is 10.1 Å². The number of nitrogens with zero attached hydrogens (tertiary/aromatic N) is 3. The largest absolute Gasteiger partial charge is 0.369 e. The van der Waals surface area contributed by atoms with Crippen LogP contribution in [-0.2, 0) is 33.2 Å². The topological polar surface area (TPSA) is 169 Å². The molecule has 1 aliphatic rings. The van der Waals surface area contributed by atoms with Crippen molar-refractivity contribution in [3.63, 3.8) is 0 Å². The van der Waals surface area contributed by atoms with Crippen molar-refractivity contribution in [1.29, 1.82) is 0 Å². The zero-order valence-corrected chi connectivity index (χ0v) is 23.5. The number of guanidine groups is 2. The van der Waals surface area contributed by atoms with Crippen molar-refractivity contribution in [3.05, 3.63) is 59.7 Å². The molecule has 38 heavy (non-hydrogen) atoms. The molecule has 10 nitrogen and oxygen atoms in total. The number of hydrogen-bond donors (Lipinski definition) is 3. The van der Waals surface area contributed by atoms with Crippen molar-refractivity contribution in [3.8, 4) is 0 Å². The highest BCUT2D eigenvalue weighted by Gasteiger charge is 2.32. The summed E-state index contributed by atoms with van der Waals surface area (Å²) in [6.07, 6.45) is 6.11. The molecule has 3 rings (SSSR count). The summed E-state index contributed by atoms with van der Waals surface area (Å²) in [5.41, 5.74) is 14.4. The standard InChI is InChI=1S/C23H30FN5O2S.C2H6O3S/c1-23(2)28-21(25)27-22(26)29(23)19-13-9-17(10-14-19)7-5-3-4-6-8-18-11-15-20(16-12-18)32(24,30)31;1-2-6(3,4)5/h9-16H,3-8H2,1-2H3,(H4,25,26,27,28);2H2,1H3,(H,3,4,5). The average molecular weight is 570 g/mol. The summed E-state index contributed by atoms with van der Waals surface area (Å²) in [6.45, 7) is 5.24. The molecule has 0 saturated heterocycles. The molecule has 0 fully saturated rings. The highest BCUT2D eigenvalue weighted by atomic mass is 32.3. The predicted molar refractivity (Wildman–Crippen MR) is 149 cm³/mol. The van der Waals surface area contributed by atoms with Gasteiger partial charge in [0.2, 0.25) is 11.9 Å². The van der Waals surface area contributed by atoms with Gasteiger partial charge >= 0.3 is 10.2 Å². The smallest absolute Gasteiger partial charge is 0.332 e. The maximum atomic E-state index is 12.9. The molecule has 0 bridgehead atoms. The molecule has 210 valence electrons. The summed E-state index contributed by atoms with van der Waals surface area (Å²) in [7, 11) is -8.29. The number of halogens is 1. The van der Waals surface area contributed by atoms with E-state index in [0.29, 0.717) is 5.96 Å². The summed E-state index contributed by atoms with van der Waals surface area (Å²) in [4.78, 5) is 10.0. The third kappa shape index (κ3) is 10.0. The lowest BCUT2D eigenvalue weighted by Crippen LogP contribution is -2.54. The van der Waals surface area contributed by atoms with E-state index in [1.165, 1.54) is 24.6 Å². The minimum Gasteiger partial charge on any atom is -0.369 e. The van der Waals surface area contributed by atoms with Gasteiger partial charge in [-0.15, -0.1) is 3.89 Å². The maximum absolute atomic E-state index is 12.9. The van der Waals surface area contributed by atoms with E-state index in [4.69, 9.17) is 16.0 Å². The molecular weight excluding hydrogens is 533 g/mol. The number of benzene rings is 2. The molecule has 0 aliphatic carbocycles. The third-order valence-corrected chi connectivity index (χ3v) is 7.40. The van der Waals surface area contributed by atoms with Crippen LogP contribution < -0.4 is 16.4 Å². The van der Waals surface area contributed by atoms with E-state index in [2.05, 4.69) is 22.1 Å². The van der Waals surface area contributed by atoms with Crippen LogP contribution >= 0.6 is 0 Å². The molecule has 0 aromatic heterocycles. The minimum absolute atomic E-state index is 0.185. The Morgan fingerprint density at radius 1 is 0.868 bits per heavy atom. The molecule has 0 saturated carbocycles. The van der Waals surface area contributed by atoms with Crippen LogP contribution in [0, 0.1) is 0 Å². The second-order valence-electron chi connectivity index (χ2n) is 9.30. The summed E-state index contributed by atoms with van der Waals surface area (Å²) in [6, 6.07) is 14.2. The first kappa shape index (κ1) is 31.2. The first-order valence-corrected chi connectivity index (χ1v) is 15.2. The molecule has 2 aromatic rings. The highest BCUT2D eigenvalue weighted by Crippen LogP contribution is 2.27. The quantitative estimate of drug-likeness (QED) is 0.221. The molecule has 0 radical (unpaired) electrons. The molecule has 1 heterocycles. The SMILES string of the molecule is CC1(C)N=C(N)N=C(N)N1c1ccc(CCCCCCc2ccc(S(=O)(=O)F)cc2)cc1.CCS(=O)(=O)O. The van der Waals surface area contributed by atoms with Crippen LogP contribution in [0.2, 0.25) is 0 Å². The van der Waals surface area contributed by atoms with E-state index in [1.807, 2.05) is 30.9 Å². The Morgan fingerprint density at radius 2 is 1.32 bits per heavy atom. The van der Waals surface area contributed by atoms with Gasteiger partial charge in [0.05, 0.1) is 10.6 Å². The van der Waals surface area contributed by atoms with Crippen molar-refractivity contribution in [1.82, 2.24) is 0 Å². The molecule has 0 amide bonds. The fraction of sp³-hybridized carbons (Fsp3) is 0.440. The van der Waals surface area contributed by atoms with Gasteiger partial charge < -0.3 is 11.5 Å². The van der Waals surface area contributed by atoms with Crippen LogP contribution in [0.3, 0.4) is 0 Å². The lowest BCUT2D eigenvalue weighted by molar-refractivity contribution is 0.484. The van der Waals surface area contributed by atoms with Crippen LogP contribution in [0.4, 0.5) is 9.57 Å². The normalized spacial score (nSPS) is 15.2. The lowest BCUT2D eigenvalue weighted by atomic mass is 10.0. The monoisotopic (exact) mass is 569 g/mol. The Bertz CT molecular complexity index is 1340.